The van der Waals surface area contributed by atoms with Crippen LogP contribution in [0.4, 0.5) is 11.4 Å². The van der Waals surface area contributed by atoms with Crippen LogP contribution in [0.1, 0.15) is 18.1 Å². The largest absolute Gasteiger partial charge is 0.490 e. The van der Waals surface area contributed by atoms with E-state index in [2.05, 4.69) is 37.2 Å². The zero-order valence-corrected chi connectivity index (χ0v) is 22.7. The van der Waals surface area contributed by atoms with E-state index in [0.29, 0.717) is 37.6 Å². The number of nitro benzene ring substituents is 1. The van der Waals surface area contributed by atoms with E-state index >= 15 is 0 Å². The molecule has 0 atom stereocenters. The third-order valence-corrected chi connectivity index (χ3v) is 6.21. The molecule has 0 spiro atoms. The number of amides is 1. The van der Waals surface area contributed by atoms with Gasteiger partial charge in [0, 0.05) is 21.6 Å². The number of halogens is 3. The van der Waals surface area contributed by atoms with Crippen molar-refractivity contribution in [3.63, 3.8) is 0 Å². The van der Waals surface area contributed by atoms with Crippen molar-refractivity contribution in [3.8, 4) is 17.6 Å². The number of benzene rings is 3. The average molecular weight is 636 g/mol. The maximum absolute atomic E-state index is 12.7. The molecule has 184 valence electrons. The molecule has 0 aromatic heterocycles. The molecule has 0 unspecified atom stereocenters. The van der Waals surface area contributed by atoms with Gasteiger partial charge in [0.1, 0.15) is 18.2 Å². The first kappa shape index (κ1) is 27.2. The van der Waals surface area contributed by atoms with Crippen LogP contribution >= 0.6 is 43.5 Å². The average Bonchev–Trinajstić information content (AvgIpc) is 2.84. The van der Waals surface area contributed by atoms with Crippen molar-refractivity contribution >= 4 is 66.8 Å². The summed E-state index contributed by atoms with van der Waals surface area (Å²) in [6.07, 6.45) is 1.41. The van der Waals surface area contributed by atoms with Crippen LogP contribution in [-0.4, -0.2) is 17.4 Å². The summed E-state index contributed by atoms with van der Waals surface area (Å²) < 4.78 is 12.6. The van der Waals surface area contributed by atoms with Crippen molar-refractivity contribution in [2.45, 2.75) is 13.5 Å². The van der Waals surface area contributed by atoms with Gasteiger partial charge in [0.05, 0.1) is 21.7 Å². The summed E-state index contributed by atoms with van der Waals surface area (Å²) in [7, 11) is 0. The standard InChI is InChI=1S/C25H18Br2ClN3O5/c1-2-35-23-11-16(10-21(27)24(23)36-14-15-3-5-18(28)6-4-15)9-17(13-29)25(32)30-22-8-7-19(31(33)34)12-20(22)26/h3-12H,2,14H2,1H3,(H,30,32)/b17-9+. The fraction of sp³-hybridized carbons (Fsp3) is 0.120. The van der Waals surface area contributed by atoms with Crippen molar-refractivity contribution in [2.75, 3.05) is 11.9 Å². The van der Waals surface area contributed by atoms with Crippen LogP contribution in [0, 0.1) is 21.4 Å². The molecule has 3 rings (SSSR count). The number of nitriles is 1. The van der Waals surface area contributed by atoms with Gasteiger partial charge in [-0.15, -0.1) is 0 Å². The smallest absolute Gasteiger partial charge is 0.270 e. The number of non-ortho nitro benzene ring substituents is 1. The molecule has 0 fully saturated rings. The number of carbonyl (C=O) groups is 1. The van der Waals surface area contributed by atoms with Crippen LogP contribution in [0.2, 0.25) is 5.02 Å². The summed E-state index contributed by atoms with van der Waals surface area (Å²) in [5.41, 5.74) is 1.41. The van der Waals surface area contributed by atoms with E-state index < -0.39 is 10.8 Å². The molecule has 11 heteroatoms. The lowest BCUT2D eigenvalue weighted by atomic mass is 10.1. The van der Waals surface area contributed by atoms with Crippen LogP contribution in [0.5, 0.6) is 11.5 Å². The summed E-state index contributed by atoms with van der Waals surface area (Å²) in [5.74, 6) is 0.230. The highest BCUT2D eigenvalue weighted by atomic mass is 79.9. The van der Waals surface area contributed by atoms with Gasteiger partial charge in [-0.3, -0.25) is 14.9 Å². The van der Waals surface area contributed by atoms with Gasteiger partial charge in [-0.1, -0.05) is 23.7 Å². The molecule has 1 N–H and O–H groups in total. The van der Waals surface area contributed by atoms with Gasteiger partial charge in [-0.2, -0.15) is 5.26 Å². The normalized spacial score (nSPS) is 10.9. The highest BCUT2D eigenvalue weighted by Gasteiger charge is 2.16. The molecule has 0 saturated heterocycles. The summed E-state index contributed by atoms with van der Waals surface area (Å²) in [5, 5.41) is 23.7. The number of rotatable bonds is 9. The zero-order valence-electron chi connectivity index (χ0n) is 18.8. The highest BCUT2D eigenvalue weighted by molar-refractivity contribution is 9.11. The molecule has 36 heavy (non-hydrogen) atoms. The van der Waals surface area contributed by atoms with Gasteiger partial charge in [-0.25, -0.2) is 0 Å². The predicted octanol–water partition coefficient (Wildman–Crippen LogP) is 7.30. The van der Waals surface area contributed by atoms with E-state index in [0.717, 1.165) is 5.56 Å². The first-order valence-electron chi connectivity index (χ1n) is 10.4. The molecule has 0 heterocycles. The second kappa shape index (κ2) is 12.5. The van der Waals surface area contributed by atoms with Crippen LogP contribution in [0.25, 0.3) is 6.08 Å². The van der Waals surface area contributed by atoms with Gasteiger partial charge in [0.25, 0.3) is 11.6 Å². The first-order valence-corrected chi connectivity index (χ1v) is 12.4. The molecule has 3 aromatic carbocycles. The Kier molecular flexibility index (Phi) is 9.47. The topological polar surface area (TPSA) is 114 Å². The van der Waals surface area contributed by atoms with Crippen molar-refractivity contribution in [1.29, 1.82) is 5.26 Å². The summed E-state index contributed by atoms with van der Waals surface area (Å²) >= 11 is 12.6. The van der Waals surface area contributed by atoms with E-state index in [-0.39, 0.29) is 23.6 Å². The highest BCUT2D eigenvalue weighted by Crippen LogP contribution is 2.38. The van der Waals surface area contributed by atoms with Crippen molar-refractivity contribution in [3.05, 3.63) is 95.4 Å². The third-order valence-electron chi connectivity index (χ3n) is 4.72. The Morgan fingerprint density at radius 2 is 1.86 bits per heavy atom. The number of nitrogens with zero attached hydrogens (tertiary/aromatic N) is 2. The second-order valence-electron chi connectivity index (χ2n) is 7.22. The Bertz CT molecular complexity index is 1370. The minimum absolute atomic E-state index is 0.136. The maximum Gasteiger partial charge on any atom is 0.270 e. The maximum atomic E-state index is 12.7. The predicted molar refractivity (Wildman–Crippen MR) is 144 cm³/mol. The number of nitrogens with one attached hydrogen (secondary N) is 1. The minimum Gasteiger partial charge on any atom is -0.490 e. The van der Waals surface area contributed by atoms with E-state index in [9.17, 15) is 20.2 Å². The fourth-order valence-corrected chi connectivity index (χ4v) is 4.20. The van der Waals surface area contributed by atoms with Crippen molar-refractivity contribution < 1.29 is 19.2 Å². The summed E-state index contributed by atoms with van der Waals surface area (Å²) in [6.45, 7) is 2.48. The molecule has 8 nitrogen and oxygen atoms in total. The molecule has 3 aromatic rings. The van der Waals surface area contributed by atoms with Gasteiger partial charge < -0.3 is 14.8 Å². The third kappa shape index (κ3) is 7.07. The molecule has 0 bridgehead atoms. The number of hydrogen-bond acceptors (Lipinski definition) is 6. The van der Waals surface area contributed by atoms with Crippen LogP contribution in [0.15, 0.2) is 69.1 Å². The molecular formula is C25H18Br2ClN3O5. The lowest BCUT2D eigenvalue weighted by molar-refractivity contribution is -0.384. The minimum atomic E-state index is -0.677. The molecule has 0 aliphatic rings. The molecule has 0 aliphatic heterocycles. The van der Waals surface area contributed by atoms with E-state index in [4.69, 9.17) is 21.1 Å². The lowest BCUT2D eigenvalue weighted by Gasteiger charge is -2.15. The second-order valence-corrected chi connectivity index (χ2v) is 9.37. The Balaban J connectivity index is 1.84. The van der Waals surface area contributed by atoms with Crippen molar-refractivity contribution in [1.82, 2.24) is 0 Å². The molecule has 0 saturated carbocycles. The Morgan fingerprint density at radius 1 is 1.14 bits per heavy atom. The first-order chi connectivity index (χ1) is 17.2. The number of hydrogen-bond donors (Lipinski definition) is 1. The van der Waals surface area contributed by atoms with E-state index in [1.54, 1.807) is 24.3 Å². The molecular weight excluding hydrogens is 618 g/mol. The molecule has 1 amide bonds. The van der Waals surface area contributed by atoms with Gasteiger partial charge in [0.2, 0.25) is 0 Å². The number of anilines is 1. The van der Waals surface area contributed by atoms with Crippen molar-refractivity contribution in [2.24, 2.45) is 0 Å². The van der Waals surface area contributed by atoms with Crippen LogP contribution in [-0.2, 0) is 11.4 Å². The van der Waals surface area contributed by atoms with Gasteiger partial charge >= 0.3 is 0 Å². The van der Waals surface area contributed by atoms with Crippen LogP contribution in [0.3, 0.4) is 0 Å². The number of ether oxygens (including phenoxy) is 2. The van der Waals surface area contributed by atoms with Gasteiger partial charge in [0.15, 0.2) is 11.5 Å². The Morgan fingerprint density at radius 3 is 2.47 bits per heavy atom. The summed E-state index contributed by atoms with van der Waals surface area (Å²) in [4.78, 5) is 23.1. The van der Waals surface area contributed by atoms with Crippen LogP contribution < -0.4 is 14.8 Å². The Hall–Kier alpha value is -3.39. The molecule has 0 aliphatic carbocycles. The Labute approximate surface area is 228 Å². The van der Waals surface area contributed by atoms with E-state index in [1.165, 1.54) is 24.3 Å². The monoisotopic (exact) mass is 633 g/mol. The van der Waals surface area contributed by atoms with Gasteiger partial charge in [-0.05, 0) is 86.3 Å². The number of carbonyl (C=O) groups excluding carboxylic acids is 1. The zero-order chi connectivity index (χ0) is 26.2. The SMILES string of the molecule is CCOc1cc(/C=C(\C#N)C(=O)Nc2ccc([N+](=O)[O-])cc2Br)cc(Br)c1OCc1ccc(Cl)cc1. The lowest BCUT2D eigenvalue weighted by Crippen LogP contribution is -2.14. The fourth-order valence-electron chi connectivity index (χ4n) is 3.03. The van der Waals surface area contributed by atoms with E-state index in [1.807, 2.05) is 25.1 Å². The quantitative estimate of drug-likeness (QED) is 0.114. The number of nitro groups is 1. The summed E-state index contributed by atoms with van der Waals surface area (Å²) in [6, 6.07) is 16.4. The molecule has 0 radical (unpaired) electrons.